The van der Waals surface area contributed by atoms with Gasteiger partial charge in [-0.3, -0.25) is 4.79 Å². The number of nitrogens with one attached hydrogen (secondary N) is 1. The summed E-state index contributed by atoms with van der Waals surface area (Å²) in [6.07, 6.45) is 0. The van der Waals surface area contributed by atoms with E-state index in [1.165, 1.54) is 17.0 Å². The average Bonchev–Trinajstić information content (AvgIpc) is 2.82. The number of aliphatic hydroxyl groups is 1. The zero-order chi connectivity index (χ0) is 22.9. The lowest BCUT2D eigenvalue weighted by Crippen LogP contribution is -2.73. The molecule has 0 saturated carbocycles. The quantitative estimate of drug-likeness (QED) is 0.643. The summed E-state index contributed by atoms with van der Waals surface area (Å²) in [6, 6.07) is 22.5. The predicted octanol–water partition coefficient (Wildman–Crippen LogP) is 3.70. The molecule has 5 rings (SSSR count). The van der Waals surface area contributed by atoms with Gasteiger partial charge in [0, 0.05) is 18.2 Å². The number of halogens is 1. The van der Waals surface area contributed by atoms with E-state index in [0.29, 0.717) is 12.2 Å². The Labute approximate surface area is 191 Å². The van der Waals surface area contributed by atoms with Crippen molar-refractivity contribution >= 4 is 17.6 Å². The van der Waals surface area contributed by atoms with Crippen LogP contribution in [0, 0.1) is 5.82 Å². The lowest BCUT2D eigenvalue weighted by atomic mass is 9.73. The molecule has 7 heteroatoms. The van der Waals surface area contributed by atoms with E-state index in [4.69, 9.17) is 0 Å². The molecule has 0 aromatic heterocycles. The molecule has 2 heterocycles. The normalized spacial score (nSPS) is 21.9. The maximum absolute atomic E-state index is 13.2. The number of hydrogen-bond donors (Lipinski definition) is 2. The number of rotatable bonds is 4. The standard InChI is InChI=1S/C26H24FN3O3/c27-20-12-10-18(11-13-20)17-6-8-19(9-7-17)25-22-14-29(15-24(32)30(22)23(25)16-31)26(33)28-21-4-2-1-3-5-21/h1-13,22-23,25,31H,14-16H2,(H,28,33)/t22-,23+,25+/m1/s1. The number of para-hydroxylation sites is 1. The molecule has 2 N–H and O–H groups in total. The van der Waals surface area contributed by atoms with E-state index in [-0.39, 0.29) is 48.9 Å². The van der Waals surface area contributed by atoms with Crippen LogP contribution in [0.2, 0.25) is 0 Å². The first-order valence-corrected chi connectivity index (χ1v) is 10.9. The molecule has 3 atom stereocenters. The topological polar surface area (TPSA) is 72.9 Å². The Hall–Kier alpha value is -3.71. The molecule has 2 fully saturated rings. The minimum absolute atomic E-state index is 0.0120. The van der Waals surface area contributed by atoms with E-state index in [1.807, 2.05) is 42.5 Å². The predicted molar refractivity (Wildman–Crippen MR) is 123 cm³/mol. The van der Waals surface area contributed by atoms with Crippen molar-refractivity contribution in [3.8, 4) is 11.1 Å². The second kappa shape index (κ2) is 8.67. The van der Waals surface area contributed by atoms with Crippen LogP contribution in [0.5, 0.6) is 0 Å². The van der Waals surface area contributed by atoms with E-state index in [9.17, 15) is 19.1 Å². The van der Waals surface area contributed by atoms with Crippen LogP contribution in [0.4, 0.5) is 14.9 Å². The lowest BCUT2D eigenvalue weighted by molar-refractivity contribution is -0.159. The molecule has 0 spiro atoms. The molecule has 3 amide bonds. The van der Waals surface area contributed by atoms with Gasteiger partial charge in [-0.25, -0.2) is 9.18 Å². The van der Waals surface area contributed by atoms with Gasteiger partial charge in [0.25, 0.3) is 0 Å². The third kappa shape index (κ3) is 3.96. The van der Waals surface area contributed by atoms with E-state index >= 15 is 0 Å². The van der Waals surface area contributed by atoms with Crippen LogP contribution >= 0.6 is 0 Å². The molecule has 0 aliphatic carbocycles. The molecule has 0 unspecified atom stereocenters. The molecular weight excluding hydrogens is 421 g/mol. The smallest absolute Gasteiger partial charge is 0.322 e. The Morgan fingerprint density at radius 2 is 1.61 bits per heavy atom. The van der Waals surface area contributed by atoms with Gasteiger partial charge in [0.05, 0.1) is 18.7 Å². The molecule has 2 saturated heterocycles. The average molecular weight is 445 g/mol. The van der Waals surface area contributed by atoms with Crippen LogP contribution in [0.25, 0.3) is 11.1 Å². The van der Waals surface area contributed by atoms with Crippen LogP contribution in [0.15, 0.2) is 78.9 Å². The highest BCUT2D eigenvalue weighted by atomic mass is 19.1. The third-order valence-corrected chi connectivity index (χ3v) is 6.54. The van der Waals surface area contributed by atoms with E-state index in [2.05, 4.69) is 5.32 Å². The van der Waals surface area contributed by atoms with Crippen molar-refractivity contribution < 1.29 is 19.1 Å². The Balaban J connectivity index is 1.34. The summed E-state index contributed by atoms with van der Waals surface area (Å²) in [7, 11) is 0. The van der Waals surface area contributed by atoms with Crippen molar-refractivity contribution in [2.24, 2.45) is 0 Å². The summed E-state index contributed by atoms with van der Waals surface area (Å²) >= 11 is 0. The molecular formula is C26H24FN3O3. The molecule has 6 nitrogen and oxygen atoms in total. The van der Waals surface area contributed by atoms with Crippen molar-refractivity contribution in [1.82, 2.24) is 9.80 Å². The summed E-state index contributed by atoms with van der Waals surface area (Å²) in [5, 5.41) is 12.8. The highest BCUT2D eigenvalue weighted by Gasteiger charge is 2.54. The van der Waals surface area contributed by atoms with Crippen LogP contribution in [0.3, 0.4) is 0 Å². The van der Waals surface area contributed by atoms with Gasteiger partial charge in [0.15, 0.2) is 0 Å². The highest BCUT2D eigenvalue weighted by Crippen LogP contribution is 2.43. The Morgan fingerprint density at radius 3 is 2.24 bits per heavy atom. The Kier molecular flexibility index (Phi) is 5.56. The Morgan fingerprint density at radius 1 is 0.970 bits per heavy atom. The molecule has 0 bridgehead atoms. The van der Waals surface area contributed by atoms with Gasteiger partial charge in [-0.05, 0) is 41.0 Å². The van der Waals surface area contributed by atoms with Crippen LogP contribution in [-0.2, 0) is 4.79 Å². The molecule has 2 aliphatic heterocycles. The monoisotopic (exact) mass is 445 g/mol. The fraction of sp³-hybridized carbons (Fsp3) is 0.231. The number of aliphatic hydroxyl groups excluding tert-OH is 1. The van der Waals surface area contributed by atoms with E-state index < -0.39 is 0 Å². The molecule has 3 aromatic carbocycles. The Bertz CT molecular complexity index is 1150. The number of carbonyl (C=O) groups is 2. The van der Waals surface area contributed by atoms with Crippen molar-refractivity contribution in [1.29, 1.82) is 0 Å². The summed E-state index contributed by atoms with van der Waals surface area (Å²) in [4.78, 5) is 28.8. The SMILES string of the molecule is O=C(Nc1ccccc1)N1CC(=O)N2[C@H](C1)[C@H](c1ccc(-c3ccc(F)cc3)cc1)[C@@H]2CO. The first kappa shape index (κ1) is 21.2. The maximum atomic E-state index is 13.2. The molecule has 33 heavy (non-hydrogen) atoms. The number of urea groups is 1. The van der Waals surface area contributed by atoms with Crippen LogP contribution in [-0.4, -0.2) is 58.6 Å². The number of hydrogen-bond acceptors (Lipinski definition) is 3. The van der Waals surface area contributed by atoms with Gasteiger partial charge < -0.3 is 20.2 Å². The van der Waals surface area contributed by atoms with Crippen molar-refractivity contribution in [3.63, 3.8) is 0 Å². The maximum Gasteiger partial charge on any atom is 0.322 e. The zero-order valence-electron chi connectivity index (χ0n) is 17.9. The first-order chi connectivity index (χ1) is 16.0. The number of anilines is 1. The van der Waals surface area contributed by atoms with Gasteiger partial charge in [-0.15, -0.1) is 0 Å². The minimum Gasteiger partial charge on any atom is -0.394 e. The van der Waals surface area contributed by atoms with E-state index in [0.717, 1.165) is 16.7 Å². The number of amides is 3. The molecule has 0 radical (unpaired) electrons. The highest BCUT2D eigenvalue weighted by molar-refractivity contribution is 5.93. The fourth-order valence-electron chi connectivity index (χ4n) is 4.92. The summed E-state index contributed by atoms with van der Waals surface area (Å²) in [5.41, 5.74) is 3.54. The van der Waals surface area contributed by atoms with Crippen molar-refractivity contribution in [2.75, 3.05) is 25.0 Å². The molecule has 3 aromatic rings. The summed E-state index contributed by atoms with van der Waals surface area (Å²) in [5.74, 6) is -0.514. The van der Waals surface area contributed by atoms with Crippen molar-refractivity contribution in [2.45, 2.75) is 18.0 Å². The number of benzene rings is 3. The summed E-state index contributed by atoms with van der Waals surface area (Å²) < 4.78 is 13.2. The van der Waals surface area contributed by atoms with Crippen LogP contribution < -0.4 is 5.32 Å². The number of piperazine rings is 1. The lowest BCUT2D eigenvalue weighted by Gasteiger charge is -2.58. The van der Waals surface area contributed by atoms with Gasteiger partial charge in [0.1, 0.15) is 12.4 Å². The van der Waals surface area contributed by atoms with Gasteiger partial charge in [-0.2, -0.15) is 0 Å². The first-order valence-electron chi connectivity index (χ1n) is 10.9. The minimum atomic E-state index is -0.313. The van der Waals surface area contributed by atoms with E-state index in [1.54, 1.807) is 29.2 Å². The zero-order valence-corrected chi connectivity index (χ0v) is 17.9. The third-order valence-electron chi connectivity index (χ3n) is 6.54. The summed E-state index contributed by atoms with van der Waals surface area (Å²) in [6.45, 7) is 0.246. The number of carbonyl (C=O) groups excluding carboxylic acids is 2. The fourth-order valence-corrected chi connectivity index (χ4v) is 4.92. The van der Waals surface area contributed by atoms with Gasteiger partial charge in [-0.1, -0.05) is 54.6 Å². The molecule has 2 aliphatic rings. The largest absolute Gasteiger partial charge is 0.394 e. The number of fused-ring (bicyclic) bond motifs is 1. The second-order valence-corrected chi connectivity index (χ2v) is 8.45. The number of nitrogens with zero attached hydrogens (tertiary/aromatic N) is 2. The van der Waals surface area contributed by atoms with Crippen LogP contribution in [0.1, 0.15) is 11.5 Å². The molecule has 168 valence electrons. The van der Waals surface area contributed by atoms with Gasteiger partial charge >= 0.3 is 6.03 Å². The van der Waals surface area contributed by atoms with Crippen molar-refractivity contribution in [3.05, 3.63) is 90.2 Å². The second-order valence-electron chi connectivity index (χ2n) is 8.45. The van der Waals surface area contributed by atoms with Gasteiger partial charge in [0.2, 0.25) is 5.91 Å².